The molecular formula is C8H8Br2F2N2O. The van der Waals surface area contributed by atoms with Gasteiger partial charge in [-0.1, -0.05) is 0 Å². The van der Waals surface area contributed by atoms with E-state index < -0.39 is 17.3 Å². The molecule has 3 nitrogen and oxygen atoms in total. The molecule has 84 valence electrons. The number of carbonyl (C=O) groups excluding carboxylic acids is 1. The molecule has 1 N–H and O–H groups in total. The molecule has 15 heavy (non-hydrogen) atoms. The van der Waals surface area contributed by atoms with E-state index in [1.54, 1.807) is 23.9 Å². The molecule has 1 heterocycles. The van der Waals surface area contributed by atoms with Crippen LogP contribution in [0.25, 0.3) is 0 Å². The predicted octanol–water partition coefficient (Wildman–Crippen LogP) is 2.51. The van der Waals surface area contributed by atoms with E-state index in [1.807, 2.05) is 0 Å². The first-order valence-corrected chi connectivity index (χ1v) is 5.55. The maximum atomic E-state index is 12.4. The van der Waals surface area contributed by atoms with E-state index in [1.165, 1.54) is 0 Å². The van der Waals surface area contributed by atoms with Gasteiger partial charge in [0.15, 0.2) is 0 Å². The highest BCUT2D eigenvalue weighted by atomic mass is 79.9. The molecule has 1 aromatic heterocycles. The van der Waals surface area contributed by atoms with Crippen molar-refractivity contribution in [2.75, 3.05) is 6.54 Å². The standard InChI is InChI=1S/C8H8Br2F2N2O/c1-14-3-5(9)2-6(14)7(15)13-4-8(10,11)12/h2-3H,4H2,1H3,(H,13,15). The van der Waals surface area contributed by atoms with Gasteiger partial charge in [0.25, 0.3) is 5.91 Å². The lowest BCUT2D eigenvalue weighted by Crippen LogP contribution is -2.33. The van der Waals surface area contributed by atoms with Crippen LogP contribution in [0.15, 0.2) is 16.7 Å². The Balaban J connectivity index is 2.66. The second-order valence-corrected chi connectivity index (χ2v) is 5.03. The summed E-state index contributed by atoms with van der Waals surface area (Å²) in [5, 5.41) is 2.12. The lowest BCUT2D eigenvalue weighted by Gasteiger charge is -2.09. The highest BCUT2D eigenvalue weighted by molar-refractivity contribution is 9.10. The summed E-state index contributed by atoms with van der Waals surface area (Å²) >= 11 is 5.32. The quantitative estimate of drug-likeness (QED) is 0.839. The van der Waals surface area contributed by atoms with Gasteiger partial charge < -0.3 is 9.88 Å². The van der Waals surface area contributed by atoms with Crippen LogP contribution < -0.4 is 5.32 Å². The molecule has 7 heteroatoms. The van der Waals surface area contributed by atoms with E-state index in [0.717, 1.165) is 4.47 Å². The zero-order valence-corrected chi connectivity index (χ0v) is 10.9. The fourth-order valence-corrected chi connectivity index (χ4v) is 1.69. The Morgan fingerprint density at radius 1 is 1.67 bits per heavy atom. The van der Waals surface area contributed by atoms with Crippen LogP contribution in [0.5, 0.6) is 0 Å². The fourth-order valence-electron chi connectivity index (χ4n) is 1.02. The number of halogens is 4. The lowest BCUT2D eigenvalue weighted by molar-refractivity contribution is 0.0829. The highest BCUT2D eigenvalue weighted by Crippen LogP contribution is 2.20. The van der Waals surface area contributed by atoms with Crippen LogP contribution >= 0.6 is 31.9 Å². The van der Waals surface area contributed by atoms with Crippen molar-refractivity contribution in [3.8, 4) is 0 Å². The van der Waals surface area contributed by atoms with Gasteiger partial charge in [0.1, 0.15) is 5.69 Å². The average molecular weight is 346 g/mol. The molecule has 0 atom stereocenters. The van der Waals surface area contributed by atoms with Gasteiger partial charge in [0, 0.05) is 17.7 Å². The zero-order chi connectivity index (χ0) is 11.6. The number of aromatic nitrogens is 1. The first-order chi connectivity index (χ1) is 6.79. The van der Waals surface area contributed by atoms with Crippen molar-refractivity contribution in [2.24, 2.45) is 7.05 Å². The summed E-state index contributed by atoms with van der Waals surface area (Å²) in [7, 11) is 1.66. The fraction of sp³-hybridized carbons (Fsp3) is 0.375. The molecule has 0 fully saturated rings. The van der Waals surface area contributed by atoms with Gasteiger partial charge in [-0.25, -0.2) is 0 Å². The monoisotopic (exact) mass is 344 g/mol. The van der Waals surface area contributed by atoms with Gasteiger partial charge >= 0.3 is 4.83 Å². The Kier molecular flexibility index (Phi) is 3.88. The van der Waals surface area contributed by atoms with Gasteiger partial charge in [-0.3, -0.25) is 4.79 Å². The molecule has 0 saturated heterocycles. The largest absolute Gasteiger partial charge is 0.345 e. The van der Waals surface area contributed by atoms with Crippen LogP contribution in [0.3, 0.4) is 0 Å². The van der Waals surface area contributed by atoms with E-state index in [9.17, 15) is 13.6 Å². The summed E-state index contributed by atoms with van der Waals surface area (Å²) in [6, 6.07) is 1.56. The molecule has 1 aromatic rings. The van der Waals surface area contributed by atoms with Gasteiger partial charge in [0.05, 0.1) is 6.54 Å². The Bertz CT molecular complexity index is 373. The lowest BCUT2D eigenvalue weighted by atomic mass is 10.4. The zero-order valence-electron chi connectivity index (χ0n) is 7.73. The predicted molar refractivity (Wildman–Crippen MR) is 59.3 cm³/mol. The van der Waals surface area contributed by atoms with Crippen LogP contribution in [0.2, 0.25) is 0 Å². The Hall–Kier alpha value is -0.430. The second kappa shape index (κ2) is 4.61. The summed E-state index contributed by atoms with van der Waals surface area (Å²) in [5.41, 5.74) is 0.318. The number of amides is 1. The average Bonchev–Trinajstić information content (AvgIpc) is 2.40. The molecule has 0 saturated carbocycles. The summed E-state index contributed by atoms with van der Waals surface area (Å²) < 4.78 is 27.1. The van der Waals surface area contributed by atoms with Crippen LogP contribution in [-0.4, -0.2) is 21.9 Å². The normalized spacial score (nSPS) is 11.5. The number of rotatable bonds is 3. The number of hydrogen-bond acceptors (Lipinski definition) is 1. The third kappa shape index (κ3) is 3.90. The number of alkyl halides is 3. The maximum absolute atomic E-state index is 12.4. The molecule has 1 rings (SSSR count). The van der Waals surface area contributed by atoms with Crippen LogP contribution in [0.4, 0.5) is 8.78 Å². The number of nitrogens with zero attached hydrogens (tertiary/aromatic N) is 1. The van der Waals surface area contributed by atoms with Crippen molar-refractivity contribution in [3.63, 3.8) is 0 Å². The van der Waals surface area contributed by atoms with Crippen LogP contribution in [-0.2, 0) is 7.05 Å². The van der Waals surface area contributed by atoms with Crippen LogP contribution in [0.1, 0.15) is 10.5 Å². The minimum Gasteiger partial charge on any atom is -0.345 e. The van der Waals surface area contributed by atoms with Crippen LogP contribution in [0, 0.1) is 0 Å². The van der Waals surface area contributed by atoms with Crippen molar-refractivity contribution < 1.29 is 13.6 Å². The van der Waals surface area contributed by atoms with Gasteiger partial charge in [0.2, 0.25) is 0 Å². The third-order valence-electron chi connectivity index (χ3n) is 1.65. The van der Waals surface area contributed by atoms with Crippen molar-refractivity contribution in [3.05, 3.63) is 22.4 Å². The summed E-state index contributed by atoms with van der Waals surface area (Å²) in [5.74, 6) is -0.540. The number of aryl methyl sites for hydroxylation is 1. The molecule has 0 aromatic carbocycles. The van der Waals surface area contributed by atoms with E-state index in [0.29, 0.717) is 5.69 Å². The Morgan fingerprint density at radius 3 is 2.67 bits per heavy atom. The summed E-state index contributed by atoms with van der Waals surface area (Å²) in [6.07, 6.45) is 1.67. The van der Waals surface area contributed by atoms with E-state index in [-0.39, 0.29) is 0 Å². The molecule has 1 amide bonds. The van der Waals surface area contributed by atoms with E-state index in [2.05, 4.69) is 37.2 Å². The Morgan fingerprint density at radius 2 is 2.27 bits per heavy atom. The molecule has 0 aliphatic heterocycles. The molecule has 0 spiro atoms. The van der Waals surface area contributed by atoms with Crippen molar-refractivity contribution in [2.45, 2.75) is 4.83 Å². The molecule has 0 bridgehead atoms. The molecule has 0 radical (unpaired) electrons. The first-order valence-electron chi connectivity index (χ1n) is 3.96. The minimum atomic E-state index is -3.08. The molecular weight excluding hydrogens is 338 g/mol. The van der Waals surface area contributed by atoms with Crippen molar-refractivity contribution in [1.82, 2.24) is 9.88 Å². The summed E-state index contributed by atoms with van der Waals surface area (Å²) in [4.78, 5) is 8.34. The van der Waals surface area contributed by atoms with E-state index >= 15 is 0 Å². The summed E-state index contributed by atoms with van der Waals surface area (Å²) in [6.45, 7) is -0.741. The van der Waals surface area contributed by atoms with Crippen molar-refractivity contribution >= 4 is 37.8 Å². The van der Waals surface area contributed by atoms with Gasteiger partial charge in [-0.2, -0.15) is 8.78 Å². The molecule has 0 aliphatic rings. The molecule has 0 unspecified atom stereocenters. The van der Waals surface area contributed by atoms with Gasteiger partial charge in [-0.05, 0) is 37.9 Å². The SMILES string of the molecule is Cn1cc(Br)cc1C(=O)NCC(F)(F)Br. The number of nitrogens with one attached hydrogen (secondary N) is 1. The van der Waals surface area contributed by atoms with Gasteiger partial charge in [-0.15, -0.1) is 0 Å². The first kappa shape index (κ1) is 12.6. The number of hydrogen-bond donors (Lipinski definition) is 1. The van der Waals surface area contributed by atoms with Crippen molar-refractivity contribution in [1.29, 1.82) is 0 Å². The Labute approximate surface area is 102 Å². The topological polar surface area (TPSA) is 34.0 Å². The second-order valence-electron chi connectivity index (χ2n) is 2.95. The highest BCUT2D eigenvalue weighted by Gasteiger charge is 2.25. The molecule has 0 aliphatic carbocycles. The minimum absolute atomic E-state index is 0.318. The smallest absolute Gasteiger partial charge is 0.318 e. The number of carbonyl (C=O) groups is 1. The van der Waals surface area contributed by atoms with E-state index in [4.69, 9.17) is 0 Å². The maximum Gasteiger partial charge on any atom is 0.318 e. The third-order valence-corrected chi connectivity index (χ3v) is 2.37.